The van der Waals surface area contributed by atoms with Gasteiger partial charge in [-0.1, -0.05) is 199 Å². The first-order valence-corrected chi connectivity index (χ1v) is 18.2. The Labute approximate surface area is 344 Å². The summed E-state index contributed by atoms with van der Waals surface area (Å²) >= 11 is 93.7. The summed E-state index contributed by atoms with van der Waals surface area (Å²) in [4.78, 5) is 1.50. The number of rotatable bonds is 5. The van der Waals surface area contributed by atoms with E-state index < -0.39 is 5.88 Å². The lowest BCUT2D eigenvalue weighted by atomic mass is 9.94. The zero-order valence-electron chi connectivity index (χ0n) is 23.0. The summed E-state index contributed by atoms with van der Waals surface area (Å²) in [7, 11) is 0. The van der Waals surface area contributed by atoms with E-state index in [0.717, 1.165) is 0 Å². The van der Waals surface area contributed by atoms with Crippen LogP contribution in [0, 0.1) is 0 Å². The van der Waals surface area contributed by atoms with E-state index in [1.165, 1.54) is 4.90 Å². The number of hydrogen-bond acceptors (Lipinski definition) is 2. The Morgan fingerprint density at radius 1 is 0.354 bits per heavy atom. The molecule has 0 aromatic heterocycles. The molecule has 0 saturated heterocycles. The van der Waals surface area contributed by atoms with Crippen molar-refractivity contribution in [3.8, 4) is 0 Å². The molecule has 0 heterocycles. The molecule has 0 aliphatic carbocycles. The molecule has 5 rings (SSSR count). The molecular weight excluding hydrogens is 911 g/mol. The molecule has 5 aromatic carbocycles. The fourth-order valence-electron chi connectivity index (χ4n) is 4.73. The molecule has 0 bridgehead atoms. The average Bonchev–Trinajstić information content (AvgIpc) is 3.08. The van der Waals surface area contributed by atoms with Crippen LogP contribution in [-0.2, 0) is 0 Å². The molecule has 5 aromatic rings. The summed E-state index contributed by atoms with van der Waals surface area (Å²) in [6, 6.07) is 17.9. The number of hydrogen-bond donors (Lipinski definition) is 1. The number of para-hydroxylation sites is 2. The van der Waals surface area contributed by atoms with Crippen molar-refractivity contribution in [3.05, 3.63) is 153 Å². The van der Waals surface area contributed by atoms with Gasteiger partial charge in [0, 0.05) is 33.3 Å². The van der Waals surface area contributed by atoms with Crippen LogP contribution >= 0.6 is 162 Å². The normalized spacial score (nSPS) is 11.2. The Bertz CT molecular complexity index is 2040. The highest BCUT2D eigenvalue weighted by molar-refractivity contribution is 6.58. The van der Waals surface area contributed by atoms with Crippen LogP contribution in [0.25, 0.3) is 11.5 Å². The lowest BCUT2D eigenvalue weighted by Crippen LogP contribution is -2.27. The van der Waals surface area contributed by atoms with Crippen molar-refractivity contribution in [2.75, 3.05) is 4.90 Å². The van der Waals surface area contributed by atoms with Crippen LogP contribution in [0.3, 0.4) is 0 Å². The van der Waals surface area contributed by atoms with Crippen molar-refractivity contribution in [2.45, 2.75) is 0 Å². The van der Waals surface area contributed by atoms with Crippen molar-refractivity contribution in [1.29, 1.82) is 0 Å². The maximum absolute atomic E-state index is 11.9. The summed E-state index contributed by atoms with van der Waals surface area (Å²) in [6.45, 7) is 0. The second-order valence-electron chi connectivity index (χ2n) is 9.60. The Hall–Kier alpha value is -0.500. The lowest BCUT2D eigenvalue weighted by molar-refractivity contribution is 0.489. The fraction of sp³-hybridized carbons (Fsp3) is 0. The molecule has 0 amide bonds. The highest BCUT2D eigenvalue weighted by Crippen LogP contribution is 2.52. The Kier molecular flexibility index (Phi) is 12.6. The average molecular weight is 922 g/mol. The third kappa shape index (κ3) is 6.75. The van der Waals surface area contributed by atoms with Crippen LogP contribution in [0.5, 0.6) is 0 Å². The number of anilines is 2. The molecule has 0 spiro atoms. The van der Waals surface area contributed by atoms with Gasteiger partial charge in [-0.15, -0.1) is 0 Å². The molecule has 0 radical (unpaired) electrons. The van der Waals surface area contributed by atoms with Crippen molar-refractivity contribution in [1.82, 2.24) is 0 Å². The molecule has 0 aliphatic heterocycles. The van der Waals surface area contributed by atoms with E-state index in [2.05, 4.69) is 0 Å². The maximum atomic E-state index is 11.9. The Balaban J connectivity index is 2.07. The SMILES string of the molecule is OC(=c1c(Cl)c(Cl)c(=C(c2c(Cl)c(Cl)c(Cl)c(Cl)c2Cl)c2c(Cl)c(Cl)c(Cl)c(Cl)c2Cl)c(Cl)c1Cl)N(c1ccccc1)c1ccccc1. The zero-order chi connectivity index (χ0) is 35.4. The van der Waals surface area contributed by atoms with Gasteiger partial charge in [-0.3, -0.25) is 4.90 Å². The summed E-state index contributed by atoms with van der Waals surface area (Å²) in [5.41, 5.74) is 0.828. The van der Waals surface area contributed by atoms with Gasteiger partial charge in [0.15, 0.2) is 0 Å². The molecule has 0 fully saturated rings. The molecule has 48 heavy (non-hydrogen) atoms. The molecule has 0 aliphatic rings. The predicted molar refractivity (Wildman–Crippen MR) is 211 cm³/mol. The lowest BCUT2D eigenvalue weighted by Gasteiger charge is -2.25. The van der Waals surface area contributed by atoms with Crippen LogP contribution in [0.1, 0.15) is 11.1 Å². The Morgan fingerprint density at radius 3 is 0.938 bits per heavy atom. The minimum atomic E-state index is -0.415. The topological polar surface area (TPSA) is 23.5 Å². The van der Waals surface area contributed by atoms with Gasteiger partial charge in [0.25, 0.3) is 0 Å². The molecule has 248 valence electrons. The molecule has 0 saturated carbocycles. The van der Waals surface area contributed by atoms with Crippen LogP contribution in [0.15, 0.2) is 60.7 Å². The first kappa shape index (κ1) is 38.7. The number of halogens is 14. The van der Waals surface area contributed by atoms with Gasteiger partial charge in [-0.25, -0.2) is 0 Å². The predicted octanol–water partition coefficient (Wildman–Crippen LogP) is 15.5. The number of nitrogens with zero attached hydrogens (tertiary/aromatic N) is 1. The van der Waals surface area contributed by atoms with Crippen molar-refractivity contribution >= 4 is 185 Å². The highest BCUT2D eigenvalue weighted by atomic mass is 35.5. The summed E-state index contributed by atoms with van der Waals surface area (Å²) < 4.78 is 0. The smallest absolute Gasteiger partial charge is 0.206 e. The van der Waals surface area contributed by atoms with Gasteiger partial charge in [-0.2, -0.15) is 0 Å². The van der Waals surface area contributed by atoms with E-state index in [1.807, 2.05) is 12.1 Å². The third-order valence-electron chi connectivity index (χ3n) is 6.90. The van der Waals surface area contributed by atoms with Gasteiger partial charge < -0.3 is 5.11 Å². The largest absolute Gasteiger partial charge is 0.494 e. The van der Waals surface area contributed by atoms with E-state index in [-0.39, 0.29) is 97.5 Å². The van der Waals surface area contributed by atoms with Crippen molar-refractivity contribution in [3.63, 3.8) is 0 Å². The Morgan fingerprint density at radius 2 is 0.625 bits per heavy atom. The van der Waals surface area contributed by atoms with Gasteiger partial charge in [0.1, 0.15) is 0 Å². The quantitative estimate of drug-likeness (QED) is 0.140. The minimum absolute atomic E-state index is 0.0944. The van der Waals surface area contributed by atoms with Gasteiger partial charge in [0.05, 0.1) is 75.5 Å². The molecular formula is C32H11Cl14NO. The molecule has 1 N–H and O–H groups in total. The van der Waals surface area contributed by atoms with Gasteiger partial charge in [-0.05, 0) is 24.3 Å². The van der Waals surface area contributed by atoms with E-state index in [0.29, 0.717) is 11.4 Å². The second-order valence-corrected chi connectivity index (χ2v) is 14.9. The van der Waals surface area contributed by atoms with Crippen LogP contribution < -0.4 is 15.3 Å². The molecule has 2 nitrogen and oxygen atoms in total. The molecule has 16 heteroatoms. The number of benzene rings is 5. The summed E-state index contributed by atoms with van der Waals surface area (Å²) in [5.74, 6) is -0.415. The van der Waals surface area contributed by atoms with Gasteiger partial charge in [0.2, 0.25) is 5.88 Å². The monoisotopic (exact) mass is 915 g/mol. The first-order valence-electron chi connectivity index (χ1n) is 12.9. The fourth-order valence-corrected chi connectivity index (χ4v) is 8.60. The second kappa shape index (κ2) is 15.6. The van der Waals surface area contributed by atoms with E-state index in [4.69, 9.17) is 162 Å². The van der Waals surface area contributed by atoms with E-state index >= 15 is 0 Å². The van der Waals surface area contributed by atoms with Gasteiger partial charge >= 0.3 is 0 Å². The van der Waals surface area contributed by atoms with Crippen molar-refractivity contribution < 1.29 is 5.11 Å². The van der Waals surface area contributed by atoms with Crippen LogP contribution in [-0.4, -0.2) is 5.11 Å². The minimum Gasteiger partial charge on any atom is -0.494 e. The molecule has 0 unspecified atom stereocenters. The third-order valence-corrected chi connectivity index (χ3v) is 13.2. The maximum Gasteiger partial charge on any atom is 0.206 e. The van der Waals surface area contributed by atoms with Crippen LogP contribution in [0.4, 0.5) is 11.4 Å². The van der Waals surface area contributed by atoms with E-state index in [9.17, 15) is 5.11 Å². The van der Waals surface area contributed by atoms with Crippen LogP contribution in [0.2, 0.25) is 70.3 Å². The highest BCUT2D eigenvalue weighted by Gasteiger charge is 2.31. The zero-order valence-corrected chi connectivity index (χ0v) is 33.5. The number of aliphatic hydroxyl groups excluding tert-OH is 1. The molecule has 0 atom stereocenters. The van der Waals surface area contributed by atoms with Crippen molar-refractivity contribution in [2.24, 2.45) is 0 Å². The standard InChI is InChI=1S/C32H11Cl14NO/c33-18-14(13(15-20(35)26(41)30(45)27(42)21(15)36)16-22(37)28(43)31(46)29(44)23(16)38)19(34)25(40)17(24(18)39)32(48)47(11-7-3-1-4-8-11)12-9-5-2-6-10-12/h1-10,48H. The summed E-state index contributed by atoms with van der Waals surface area (Å²) in [5, 5.41) is 8.77. The first-order chi connectivity index (χ1) is 22.6. The van der Waals surface area contributed by atoms with E-state index in [1.54, 1.807) is 48.5 Å². The summed E-state index contributed by atoms with van der Waals surface area (Å²) in [6.07, 6.45) is 0. The number of aliphatic hydroxyl groups is 1.